The predicted molar refractivity (Wildman–Crippen MR) is 68.8 cm³/mol. The lowest BCUT2D eigenvalue weighted by Crippen LogP contribution is -1.80. The molecule has 1 nitrogen and oxygen atoms in total. The second-order valence-electron chi connectivity index (χ2n) is 4.18. The van der Waals surface area contributed by atoms with Gasteiger partial charge < -0.3 is 0 Å². The molecule has 0 aliphatic carbocycles. The number of hydrogen-bond acceptors (Lipinski definition) is 1. The van der Waals surface area contributed by atoms with Crippen LogP contribution in [0.1, 0.15) is 84.5 Å². The highest BCUT2D eigenvalue weighted by Crippen LogP contribution is 2.10. The molecule has 0 aliphatic rings. The van der Waals surface area contributed by atoms with Crippen molar-refractivity contribution in [3.63, 3.8) is 0 Å². The van der Waals surface area contributed by atoms with E-state index in [4.69, 9.17) is 5.26 Å². The van der Waals surface area contributed by atoms with E-state index in [1.807, 2.05) is 0 Å². The first-order valence-corrected chi connectivity index (χ1v) is 6.67. The van der Waals surface area contributed by atoms with Gasteiger partial charge in [-0.3, -0.25) is 0 Å². The minimum Gasteiger partial charge on any atom is -0.202 e. The third-order valence-corrected chi connectivity index (χ3v) is 2.71. The van der Waals surface area contributed by atoms with Gasteiger partial charge in [-0.25, -0.2) is 5.26 Å². The van der Waals surface area contributed by atoms with Crippen LogP contribution in [0.4, 0.5) is 0 Å². The zero-order valence-corrected chi connectivity index (χ0v) is 10.8. The molecule has 1 heteroatoms. The quantitative estimate of drug-likeness (QED) is 0.440. The van der Waals surface area contributed by atoms with Gasteiger partial charge in [0.05, 0.1) is 0 Å². The molecule has 0 amide bonds. The van der Waals surface area contributed by atoms with Crippen LogP contribution in [0, 0.1) is 11.8 Å². The van der Waals surface area contributed by atoms with E-state index in [0.717, 1.165) is 0 Å². The van der Waals surface area contributed by atoms with Crippen molar-refractivity contribution in [2.45, 2.75) is 84.5 Å². The van der Waals surface area contributed by atoms with Crippen molar-refractivity contribution < 1.29 is 0 Å². The smallest absolute Gasteiger partial charge is 0.0462 e. The summed E-state index contributed by atoms with van der Waals surface area (Å²) < 4.78 is 0. The van der Waals surface area contributed by atoms with Gasteiger partial charge in [0.15, 0.2) is 0 Å². The van der Waals surface area contributed by atoms with Gasteiger partial charge in [0.1, 0.15) is 0 Å². The molecule has 0 atom stereocenters. The fraction of sp³-hybridized carbons (Fsp3) is 0.929. The Bertz CT molecular complexity index is 97.2. The Morgan fingerprint density at radius 1 is 0.533 bits per heavy atom. The molecule has 15 heavy (non-hydrogen) atoms. The Balaban J connectivity index is 0. The molecule has 0 aromatic carbocycles. The van der Waals surface area contributed by atoms with E-state index < -0.39 is 0 Å². The monoisotopic (exact) mass is 211 g/mol. The van der Waals surface area contributed by atoms with Gasteiger partial charge in [0.2, 0.25) is 0 Å². The van der Waals surface area contributed by atoms with Crippen molar-refractivity contribution in [1.29, 1.82) is 5.26 Å². The van der Waals surface area contributed by atoms with Gasteiger partial charge >= 0.3 is 0 Å². The summed E-state index contributed by atoms with van der Waals surface area (Å²) in [6, 6.07) is 0. The molecular weight excluding hydrogens is 182 g/mol. The molecule has 0 saturated heterocycles. The Kier molecular flexibility index (Phi) is 21.6. The normalized spacial score (nSPS) is 9.33. The molecule has 90 valence electrons. The van der Waals surface area contributed by atoms with Crippen molar-refractivity contribution in [2.24, 2.45) is 0 Å². The summed E-state index contributed by atoms with van der Waals surface area (Å²) >= 11 is 0. The Morgan fingerprint density at radius 2 is 0.733 bits per heavy atom. The molecule has 0 heterocycles. The van der Waals surface area contributed by atoms with Crippen LogP contribution in [0.2, 0.25) is 0 Å². The van der Waals surface area contributed by atoms with Crippen molar-refractivity contribution in [1.82, 2.24) is 0 Å². The summed E-state index contributed by atoms with van der Waals surface area (Å²) in [5, 5.41) is 6.50. The highest BCUT2D eigenvalue weighted by atomic mass is 14.2. The third-order valence-electron chi connectivity index (χ3n) is 2.71. The predicted octanol–water partition coefficient (Wildman–Crippen LogP) is 5.46. The molecular formula is C14H29N. The van der Waals surface area contributed by atoms with Crippen LogP contribution >= 0.6 is 0 Å². The first kappa shape index (κ1) is 16.9. The lowest BCUT2D eigenvalue weighted by atomic mass is 10.1. The first-order valence-electron chi connectivity index (χ1n) is 6.67. The van der Waals surface area contributed by atoms with Gasteiger partial charge in [-0.05, 0) is 0 Å². The molecule has 0 N–H and O–H groups in total. The SMILES string of the molecule is C#N.CCCCCCCCCCCCC. The second kappa shape index (κ2) is 19.1. The summed E-state index contributed by atoms with van der Waals surface area (Å²) in [6.45, 7) is 8.06. The maximum Gasteiger partial charge on any atom is 0.0462 e. The van der Waals surface area contributed by atoms with Gasteiger partial charge in [0.25, 0.3) is 0 Å². The lowest BCUT2D eigenvalue weighted by molar-refractivity contribution is 0.554. The van der Waals surface area contributed by atoms with E-state index in [1.165, 1.54) is 70.6 Å². The number of unbranched alkanes of at least 4 members (excludes halogenated alkanes) is 10. The van der Waals surface area contributed by atoms with Crippen molar-refractivity contribution in [3.05, 3.63) is 0 Å². The van der Waals surface area contributed by atoms with Crippen LogP contribution in [0.25, 0.3) is 0 Å². The maximum atomic E-state index is 6.50. The molecule has 0 radical (unpaired) electrons. The third kappa shape index (κ3) is 19.8. The topological polar surface area (TPSA) is 23.8 Å². The van der Waals surface area contributed by atoms with Crippen molar-refractivity contribution in [2.75, 3.05) is 0 Å². The summed E-state index contributed by atoms with van der Waals surface area (Å²) in [7, 11) is 0. The number of rotatable bonds is 10. The van der Waals surface area contributed by atoms with Crippen molar-refractivity contribution >= 4 is 0 Å². The molecule has 0 saturated carbocycles. The minimum absolute atomic E-state index is 1.37. The van der Waals surface area contributed by atoms with Crippen LogP contribution in [0.3, 0.4) is 0 Å². The molecule has 0 fully saturated rings. The van der Waals surface area contributed by atoms with Crippen LogP contribution in [-0.4, -0.2) is 0 Å². The summed E-state index contributed by atoms with van der Waals surface area (Å²) in [6.07, 6.45) is 15.9. The number of nitriles is 1. The average molecular weight is 211 g/mol. The Hall–Kier alpha value is -0.510. The number of nitrogens with zero attached hydrogens (tertiary/aromatic N) is 1. The second-order valence-corrected chi connectivity index (χ2v) is 4.18. The molecule has 0 unspecified atom stereocenters. The highest BCUT2D eigenvalue weighted by molar-refractivity contribution is 4.46. The van der Waals surface area contributed by atoms with Gasteiger partial charge in [-0.15, -0.1) is 0 Å². The molecule has 0 bridgehead atoms. The number of hydrogen-bond donors (Lipinski definition) is 0. The first-order chi connectivity index (χ1) is 7.41. The lowest BCUT2D eigenvalue weighted by Gasteiger charge is -2.00. The molecule has 0 aromatic rings. The Labute approximate surface area is 96.9 Å². The molecule has 0 aliphatic heterocycles. The summed E-state index contributed by atoms with van der Waals surface area (Å²) in [5.74, 6) is 0. The van der Waals surface area contributed by atoms with E-state index in [1.54, 1.807) is 0 Å². The van der Waals surface area contributed by atoms with E-state index >= 15 is 0 Å². The van der Waals surface area contributed by atoms with Crippen LogP contribution in [-0.2, 0) is 0 Å². The molecule has 0 aromatic heterocycles. The van der Waals surface area contributed by atoms with E-state index in [-0.39, 0.29) is 0 Å². The van der Waals surface area contributed by atoms with E-state index in [0.29, 0.717) is 0 Å². The zero-order valence-electron chi connectivity index (χ0n) is 10.8. The zero-order chi connectivity index (χ0) is 11.8. The highest BCUT2D eigenvalue weighted by Gasteiger charge is 1.90. The summed E-state index contributed by atoms with van der Waals surface area (Å²) in [4.78, 5) is 0. The fourth-order valence-electron chi connectivity index (χ4n) is 1.74. The maximum absolute atomic E-state index is 6.50. The van der Waals surface area contributed by atoms with Crippen molar-refractivity contribution in [3.8, 4) is 6.57 Å². The van der Waals surface area contributed by atoms with Crippen LogP contribution < -0.4 is 0 Å². The minimum atomic E-state index is 1.37. The molecule has 0 rings (SSSR count). The Morgan fingerprint density at radius 3 is 0.933 bits per heavy atom. The summed E-state index contributed by atoms with van der Waals surface area (Å²) in [5.41, 5.74) is 0. The average Bonchev–Trinajstić information content (AvgIpc) is 2.30. The van der Waals surface area contributed by atoms with E-state index in [9.17, 15) is 0 Å². The van der Waals surface area contributed by atoms with Crippen LogP contribution in [0.5, 0.6) is 0 Å². The van der Waals surface area contributed by atoms with Gasteiger partial charge in [-0.1, -0.05) is 84.5 Å². The standard InChI is InChI=1S/C13H28.CHN/c1-3-5-7-9-11-13-12-10-8-6-4-2;1-2/h3-13H2,1-2H3;1H. The molecule has 0 spiro atoms. The van der Waals surface area contributed by atoms with Crippen LogP contribution in [0.15, 0.2) is 0 Å². The van der Waals surface area contributed by atoms with Gasteiger partial charge in [-0.2, -0.15) is 0 Å². The van der Waals surface area contributed by atoms with E-state index in [2.05, 4.69) is 20.4 Å². The van der Waals surface area contributed by atoms with Gasteiger partial charge in [0, 0.05) is 6.57 Å². The largest absolute Gasteiger partial charge is 0.202 e. The fourth-order valence-corrected chi connectivity index (χ4v) is 1.74.